The second kappa shape index (κ2) is 9.02. The fraction of sp³-hybridized carbons (Fsp3) is 0.273. The normalized spacial score (nSPS) is 11.3. The van der Waals surface area contributed by atoms with Crippen LogP contribution in [-0.4, -0.2) is 24.1 Å². The first kappa shape index (κ1) is 21.4. The minimum Gasteiger partial charge on any atom is -0.497 e. The summed E-state index contributed by atoms with van der Waals surface area (Å²) in [4.78, 5) is 9.70. The Kier molecular flexibility index (Phi) is 6.44. The van der Waals surface area contributed by atoms with Gasteiger partial charge < -0.3 is 15.0 Å². The van der Waals surface area contributed by atoms with Crippen LogP contribution in [0.2, 0.25) is 0 Å². The van der Waals surface area contributed by atoms with Gasteiger partial charge in [-0.15, -0.1) is 0 Å². The van der Waals surface area contributed by atoms with Gasteiger partial charge in [-0.3, -0.25) is 0 Å². The molecule has 0 saturated carbocycles. The van der Waals surface area contributed by atoms with Crippen LogP contribution in [-0.2, 0) is 12.6 Å². The van der Waals surface area contributed by atoms with Crippen molar-refractivity contribution >= 4 is 23.1 Å². The molecule has 3 rings (SSSR count). The monoisotopic (exact) mass is 416 g/mol. The molecule has 2 aromatic carbocycles. The number of benzene rings is 2. The van der Waals surface area contributed by atoms with E-state index >= 15 is 0 Å². The zero-order chi connectivity index (χ0) is 21.7. The Balaban J connectivity index is 1.93. The first-order valence-electron chi connectivity index (χ1n) is 9.49. The van der Waals surface area contributed by atoms with Crippen molar-refractivity contribution < 1.29 is 17.9 Å². The molecule has 8 heteroatoms. The van der Waals surface area contributed by atoms with E-state index in [9.17, 15) is 13.2 Å². The highest BCUT2D eigenvalue weighted by molar-refractivity contribution is 5.64. The first-order chi connectivity index (χ1) is 14.3. The van der Waals surface area contributed by atoms with Gasteiger partial charge in [-0.2, -0.15) is 18.2 Å². The van der Waals surface area contributed by atoms with Crippen LogP contribution < -0.4 is 15.0 Å². The van der Waals surface area contributed by atoms with E-state index in [-0.39, 0.29) is 11.8 Å². The SMILES string of the molecule is CCCc1ccc(Nc2nc(N(C)c3ccc(OC)cc3)ncc2C(F)(F)F)cc1. The standard InChI is InChI=1S/C22H23F3N4O/c1-4-5-15-6-8-16(9-7-15)27-20-19(22(23,24)25)14-26-21(28-20)29(2)17-10-12-18(30-3)13-11-17/h6-14H,4-5H2,1-3H3,(H,26,27,28). The number of aryl methyl sites for hydroxylation is 1. The Hall–Kier alpha value is -3.29. The van der Waals surface area contributed by atoms with Crippen LogP contribution in [0, 0.1) is 0 Å². The van der Waals surface area contributed by atoms with E-state index in [0.717, 1.165) is 24.6 Å². The first-order valence-corrected chi connectivity index (χ1v) is 9.49. The van der Waals surface area contributed by atoms with Crippen molar-refractivity contribution in [3.63, 3.8) is 0 Å². The van der Waals surface area contributed by atoms with Gasteiger partial charge in [0.15, 0.2) is 0 Å². The molecule has 1 N–H and O–H groups in total. The predicted molar refractivity (Wildman–Crippen MR) is 112 cm³/mol. The second-order valence-corrected chi connectivity index (χ2v) is 6.76. The Morgan fingerprint density at radius 3 is 2.27 bits per heavy atom. The van der Waals surface area contributed by atoms with Gasteiger partial charge in [-0.1, -0.05) is 25.5 Å². The molecule has 0 spiro atoms. The van der Waals surface area contributed by atoms with Crippen LogP contribution in [0.4, 0.5) is 36.3 Å². The van der Waals surface area contributed by atoms with Crippen LogP contribution in [0.25, 0.3) is 0 Å². The minimum atomic E-state index is -4.58. The number of halogens is 3. The summed E-state index contributed by atoms with van der Waals surface area (Å²) in [5.74, 6) is 0.517. The maximum absolute atomic E-state index is 13.5. The van der Waals surface area contributed by atoms with E-state index in [2.05, 4.69) is 22.2 Å². The quantitative estimate of drug-likeness (QED) is 0.514. The molecule has 0 atom stereocenters. The molecular weight excluding hydrogens is 393 g/mol. The Bertz CT molecular complexity index is 973. The van der Waals surface area contributed by atoms with Crippen LogP contribution in [0.5, 0.6) is 5.75 Å². The Morgan fingerprint density at radius 1 is 1.03 bits per heavy atom. The van der Waals surface area contributed by atoms with Gasteiger partial charge in [0, 0.05) is 24.6 Å². The molecule has 0 radical (unpaired) electrons. The zero-order valence-electron chi connectivity index (χ0n) is 17.0. The van der Waals surface area contributed by atoms with Crippen LogP contribution in [0.1, 0.15) is 24.5 Å². The predicted octanol–water partition coefficient (Wildman–Crippen LogP) is 5.97. The van der Waals surface area contributed by atoms with Crippen molar-refractivity contribution in [2.24, 2.45) is 0 Å². The lowest BCUT2D eigenvalue weighted by Crippen LogP contribution is -2.17. The molecule has 0 saturated heterocycles. The molecule has 0 aliphatic heterocycles. The maximum atomic E-state index is 13.5. The summed E-state index contributed by atoms with van der Waals surface area (Å²) in [5, 5.41) is 2.80. The third kappa shape index (κ3) is 5.00. The lowest BCUT2D eigenvalue weighted by atomic mass is 10.1. The van der Waals surface area contributed by atoms with E-state index in [0.29, 0.717) is 17.1 Å². The third-order valence-corrected chi connectivity index (χ3v) is 4.60. The molecule has 0 aliphatic carbocycles. The number of alkyl halides is 3. The largest absolute Gasteiger partial charge is 0.497 e. The van der Waals surface area contributed by atoms with E-state index in [4.69, 9.17) is 4.74 Å². The number of nitrogens with one attached hydrogen (secondary N) is 1. The highest BCUT2D eigenvalue weighted by Gasteiger charge is 2.35. The highest BCUT2D eigenvalue weighted by atomic mass is 19.4. The van der Waals surface area contributed by atoms with E-state index in [1.54, 1.807) is 55.5 Å². The van der Waals surface area contributed by atoms with Gasteiger partial charge in [0.25, 0.3) is 0 Å². The minimum absolute atomic E-state index is 0.137. The maximum Gasteiger partial charge on any atom is 0.421 e. The summed E-state index contributed by atoms with van der Waals surface area (Å²) in [6.07, 6.45) is -1.87. The smallest absolute Gasteiger partial charge is 0.421 e. The van der Waals surface area contributed by atoms with Crippen molar-refractivity contribution in [3.05, 3.63) is 65.9 Å². The average Bonchev–Trinajstić information content (AvgIpc) is 2.74. The third-order valence-electron chi connectivity index (χ3n) is 4.60. The van der Waals surface area contributed by atoms with Crippen LogP contribution in [0.15, 0.2) is 54.7 Å². The number of hydrogen-bond acceptors (Lipinski definition) is 5. The molecule has 5 nitrogen and oxygen atoms in total. The average molecular weight is 416 g/mol. The van der Waals surface area contributed by atoms with Crippen molar-refractivity contribution in [1.82, 2.24) is 9.97 Å². The number of rotatable bonds is 7. The fourth-order valence-corrected chi connectivity index (χ4v) is 2.94. The van der Waals surface area contributed by atoms with Crippen molar-refractivity contribution in [3.8, 4) is 5.75 Å². The summed E-state index contributed by atoms with van der Waals surface area (Å²) in [5.41, 5.74) is 1.44. The number of methoxy groups -OCH3 is 1. The van der Waals surface area contributed by atoms with Crippen molar-refractivity contribution in [2.45, 2.75) is 25.9 Å². The second-order valence-electron chi connectivity index (χ2n) is 6.76. The van der Waals surface area contributed by atoms with E-state index < -0.39 is 11.7 Å². The van der Waals surface area contributed by atoms with Gasteiger partial charge >= 0.3 is 6.18 Å². The number of aromatic nitrogens is 2. The number of anilines is 4. The number of nitrogens with zero attached hydrogens (tertiary/aromatic N) is 3. The Morgan fingerprint density at radius 2 is 1.70 bits per heavy atom. The van der Waals surface area contributed by atoms with Gasteiger partial charge in [-0.25, -0.2) is 4.98 Å². The van der Waals surface area contributed by atoms with Crippen LogP contribution in [0.3, 0.4) is 0 Å². The molecule has 0 amide bonds. The van der Waals surface area contributed by atoms with E-state index in [1.807, 2.05) is 12.1 Å². The van der Waals surface area contributed by atoms with Gasteiger partial charge in [0.05, 0.1) is 7.11 Å². The molecule has 0 aliphatic rings. The van der Waals surface area contributed by atoms with Gasteiger partial charge in [0.1, 0.15) is 17.1 Å². The lowest BCUT2D eigenvalue weighted by Gasteiger charge is -2.20. The van der Waals surface area contributed by atoms with Gasteiger partial charge in [-0.05, 0) is 48.4 Å². The molecule has 1 heterocycles. The van der Waals surface area contributed by atoms with Crippen molar-refractivity contribution in [1.29, 1.82) is 0 Å². The summed E-state index contributed by atoms with van der Waals surface area (Å²) >= 11 is 0. The molecule has 0 fully saturated rings. The summed E-state index contributed by atoms with van der Waals surface area (Å²) in [6.45, 7) is 2.07. The molecular formula is C22H23F3N4O. The fourth-order valence-electron chi connectivity index (χ4n) is 2.94. The molecule has 0 unspecified atom stereocenters. The summed E-state index contributed by atoms with van der Waals surface area (Å²) in [7, 11) is 3.25. The van der Waals surface area contributed by atoms with Crippen LogP contribution >= 0.6 is 0 Å². The topological polar surface area (TPSA) is 50.3 Å². The highest BCUT2D eigenvalue weighted by Crippen LogP contribution is 2.36. The molecule has 0 bridgehead atoms. The van der Waals surface area contributed by atoms with Gasteiger partial charge in [0.2, 0.25) is 5.95 Å². The number of ether oxygens (including phenoxy) is 1. The molecule has 1 aromatic heterocycles. The molecule has 3 aromatic rings. The lowest BCUT2D eigenvalue weighted by molar-refractivity contribution is -0.137. The Labute approximate surface area is 173 Å². The van der Waals surface area contributed by atoms with Crippen molar-refractivity contribution in [2.75, 3.05) is 24.4 Å². The van der Waals surface area contributed by atoms with E-state index in [1.165, 1.54) is 0 Å². The molecule has 30 heavy (non-hydrogen) atoms. The number of hydrogen-bond donors (Lipinski definition) is 1. The summed E-state index contributed by atoms with van der Waals surface area (Å²) in [6, 6.07) is 14.4. The zero-order valence-corrected chi connectivity index (χ0v) is 17.0. The summed E-state index contributed by atoms with van der Waals surface area (Å²) < 4.78 is 45.7. The molecule has 158 valence electrons.